The minimum atomic E-state index is -0.214. The van der Waals surface area contributed by atoms with Crippen LogP contribution in [-0.2, 0) is 5.41 Å². The molecule has 2 rings (SSSR count). The highest BCUT2D eigenvalue weighted by Crippen LogP contribution is 2.33. The van der Waals surface area contributed by atoms with E-state index >= 15 is 0 Å². The number of aromatic nitrogens is 1. The summed E-state index contributed by atoms with van der Waals surface area (Å²) in [5.41, 5.74) is 0.858. The molecule has 0 saturated heterocycles. The molecule has 1 heterocycles. The maximum absolute atomic E-state index is 13.0. The van der Waals surface area contributed by atoms with Crippen LogP contribution in [0.4, 0.5) is 4.39 Å². The lowest BCUT2D eigenvalue weighted by molar-refractivity contribution is 0.504. The first-order chi connectivity index (χ1) is 7.03. The normalized spacial score (nSPS) is 12.3. The van der Waals surface area contributed by atoms with Gasteiger partial charge >= 0.3 is 0 Å². The van der Waals surface area contributed by atoms with Gasteiger partial charge in [0.1, 0.15) is 5.82 Å². The smallest absolute Gasteiger partial charge is 0.125 e. The van der Waals surface area contributed by atoms with Gasteiger partial charge in [0.05, 0.1) is 15.2 Å². The van der Waals surface area contributed by atoms with Crippen LogP contribution in [-0.4, -0.2) is 4.98 Å². The van der Waals surface area contributed by atoms with E-state index in [0.29, 0.717) is 0 Å². The minimum Gasteiger partial charge on any atom is -0.241 e. The summed E-state index contributed by atoms with van der Waals surface area (Å²) in [6.07, 6.45) is 1.04. The fourth-order valence-electron chi connectivity index (χ4n) is 1.34. The molecule has 0 saturated carbocycles. The van der Waals surface area contributed by atoms with Gasteiger partial charge in [0.2, 0.25) is 0 Å². The van der Waals surface area contributed by atoms with Crippen LogP contribution in [0.15, 0.2) is 18.2 Å². The fraction of sp³-hybridized carbons (Fsp3) is 0.417. The van der Waals surface area contributed by atoms with E-state index in [2.05, 4.69) is 25.8 Å². The molecule has 3 heteroatoms. The zero-order chi connectivity index (χ0) is 11.1. The number of benzene rings is 1. The van der Waals surface area contributed by atoms with Crippen LogP contribution in [0, 0.1) is 5.82 Å². The summed E-state index contributed by atoms with van der Waals surface area (Å²) in [5.74, 6) is -0.214. The van der Waals surface area contributed by atoms with Gasteiger partial charge in [-0.1, -0.05) is 20.8 Å². The van der Waals surface area contributed by atoms with Crippen molar-refractivity contribution in [2.24, 2.45) is 0 Å². The summed E-state index contributed by atoms with van der Waals surface area (Å²) in [6.45, 7) is 6.48. The van der Waals surface area contributed by atoms with Crippen LogP contribution in [0.25, 0.3) is 10.2 Å². The standard InChI is InChI=1S/C12H14FNS/c1-4-12(2,3)11-14-9-7-8(13)5-6-10(9)15-11/h5-7H,4H2,1-3H3. The van der Waals surface area contributed by atoms with E-state index < -0.39 is 0 Å². The molecule has 0 fully saturated rings. The first-order valence-electron chi connectivity index (χ1n) is 5.09. The number of hydrogen-bond donors (Lipinski definition) is 0. The highest BCUT2D eigenvalue weighted by Gasteiger charge is 2.22. The number of thiazole rings is 1. The Bertz CT molecular complexity index is 487. The second kappa shape index (κ2) is 3.56. The van der Waals surface area contributed by atoms with E-state index in [0.717, 1.165) is 21.6 Å². The van der Waals surface area contributed by atoms with Gasteiger partial charge in [-0.25, -0.2) is 9.37 Å². The van der Waals surface area contributed by atoms with Crippen LogP contribution >= 0.6 is 11.3 Å². The van der Waals surface area contributed by atoms with Gasteiger partial charge < -0.3 is 0 Å². The molecular weight excluding hydrogens is 209 g/mol. The summed E-state index contributed by atoms with van der Waals surface area (Å²) in [7, 11) is 0. The largest absolute Gasteiger partial charge is 0.241 e. The molecule has 0 N–H and O–H groups in total. The molecule has 1 aromatic heterocycles. The Balaban J connectivity index is 2.56. The second-order valence-electron chi connectivity index (χ2n) is 4.37. The molecular formula is C12H14FNS. The number of fused-ring (bicyclic) bond motifs is 1. The third-order valence-electron chi connectivity index (χ3n) is 2.81. The molecule has 0 aliphatic rings. The third-order valence-corrected chi connectivity index (χ3v) is 4.21. The molecule has 0 radical (unpaired) electrons. The summed E-state index contributed by atoms with van der Waals surface area (Å²) < 4.78 is 14.1. The molecule has 1 aromatic carbocycles. The average Bonchev–Trinajstić information content (AvgIpc) is 2.61. The van der Waals surface area contributed by atoms with Crippen molar-refractivity contribution < 1.29 is 4.39 Å². The van der Waals surface area contributed by atoms with E-state index in [-0.39, 0.29) is 11.2 Å². The lowest BCUT2D eigenvalue weighted by Gasteiger charge is -2.18. The predicted octanol–water partition coefficient (Wildman–Crippen LogP) is 4.12. The maximum Gasteiger partial charge on any atom is 0.125 e. The lowest BCUT2D eigenvalue weighted by Crippen LogP contribution is -2.14. The number of halogens is 1. The summed E-state index contributed by atoms with van der Waals surface area (Å²) in [5, 5.41) is 1.09. The molecule has 80 valence electrons. The SMILES string of the molecule is CCC(C)(C)c1nc2cc(F)ccc2s1. The predicted molar refractivity (Wildman–Crippen MR) is 62.9 cm³/mol. The zero-order valence-corrected chi connectivity index (χ0v) is 9.99. The van der Waals surface area contributed by atoms with Gasteiger partial charge in [-0.2, -0.15) is 0 Å². The van der Waals surface area contributed by atoms with Gasteiger partial charge in [-0.15, -0.1) is 11.3 Å². The highest BCUT2D eigenvalue weighted by atomic mass is 32.1. The lowest BCUT2D eigenvalue weighted by atomic mass is 9.91. The van der Waals surface area contributed by atoms with E-state index in [1.807, 2.05) is 0 Å². The number of rotatable bonds is 2. The Labute approximate surface area is 93.0 Å². The fourth-order valence-corrected chi connectivity index (χ4v) is 2.46. The van der Waals surface area contributed by atoms with Crippen LogP contribution in [0.1, 0.15) is 32.2 Å². The molecule has 0 atom stereocenters. The number of hydrogen-bond acceptors (Lipinski definition) is 2. The van der Waals surface area contributed by atoms with E-state index in [4.69, 9.17) is 0 Å². The molecule has 0 aliphatic heterocycles. The van der Waals surface area contributed by atoms with Crippen molar-refractivity contribution in [1.29, 1.82) is 0 Å². The van der Waals surface area contributed by atoms with Gasteiger partial charge in [-0.05, 0) is 18.6 Å². The third kappa shape index (κ3) is 1.88. The molecule has 0 amide bonds. The van der Waals surface area contributed by atoms with E-state index in [1.54, 1.807) is 17.4 Å². The average molecular weight is 223 g/mol. The molecule has 0 spiro atoms. The van der Waals surface area contributed by atoms with Crippen LogP contribution in [0.3, 0.4) is 0 Å². The quantitative estimate of drug-likeness (QED) is 0.746. The van der Waals surface area contributed by atoms with Gasteiger partial charge in [0.15, 0.2) is 0 Å². The van der Waals surface area contributed by atoms with Crippen LogP contribution in [0.2, 0.25) is 0 Å². The van der Waals surface area contributed by atoms with Crippen molar-refractivity contribution in [3.63, 3.8) is 0 Å². The molecule has 0 unspecified atom stereocenters. The van der Waals surface area contributed by atoms with E-state index in [9.17, 15) is 4.39 Å². The Morgan fingerprint density at radius 3 is 2.80 bits per heavy atom. The van der Waals surface area contributed by atoms with Crippen LogP contribution < -0.4 is 0 Å². The second-order valence-corrected chi connectivity index (χ2v) is 5.40. The van der Waals surface area contributed by atoms with Gasteiger partial charge in [0, 0.05) is 11.5 Å². The topological polar surface area (TPSA) is 12.9 Å². The van der Waals surface area contributed by atoms with E-state index in [1.165, 1.54) is 12.1 Å². The summed E-state index contributed by atoms with van der Waals surface area (Å²) in [4.78, 5) is 4.49. The molecule has 1 nitrogen and oxygen atoms in total. The van der Waals surface area contributed by atoms with Crippen molar-refractivity contribution in [2.75, 3.05) is 0 Å². The van der Waals surface area contributed by atoms with Gasteiger partial charge in [-0.3, -0.25) is 0 Å². The first kappa shape index (κ1) is 10.6. The van der Waals surface area contributed by atoms with Crippen molar-refractivity contribution >= 4 is 21.6 Å². The molecule has 0 aliphatic carbocycles. The highest BCUT2D eigenvalue weighted by molar-refractivity contribution is 7.18. The summed E-state index contributed by atoms with van der Waals surface area (Å²) in [6, 6.07) is 4.79. The van der Waals surface area contributed by atoms with Crippen molar-refractivity contribution in [1.82, 2.24) is 4.98 Å². The Morgan fingerprint density at radius 1 is 1.40 bits per heavy atom. The molecule has 2 aromatic rings. The molecule has 15 heavy (non-hydrogen) atoms. The van der Waals surface area contributed by atoms with Crippen LogP contribution in [0.5, 0.6) is 0 Å². The molecule has 0 bridgehead atoms. The zero-order valence-electron chi connectivity index (χ0n) is 9.17. The Morgan fingerprint density at radius 2 is 2.13 bits per heavy atom. The van der Waals surface area contributed by atoms with Crippen molar-refractivity contribution in [3.05, 3.63) is 29.0 Å². The maximum atomic E-state index is 13.0. The van der Waals surface area contributed by atoms with Gasteiger partial charge in [0.25, 0.3) is 0 Å². The number of nitrogens with zero attached hydrogens (tertiary/aromatic N) is 1. The minimum absolute atomic E-state index is 0.0835. The summed E-state index contributed by atoms with van der Waals surface area (Å²) >= 11 is 1.66. The Kier molecular flexibility index (Phi) is 2.51. The first-order valence-corrected chi connectivity index (χ1v) is 5.91. The monoisotopic (exact) mass is 223 g/mol. The van der Waals surface area contributed by atoms with Crippen molar-refractivity contribution in [2.45, 2.75) is 32.6 Å². The Hall–Kier alpha value is -0.960. The van der Waals surface area contributed by atoms with Crippen molar-refractivity contribution in [3.8, 4) is 0 Å².